The van der Waals surface area contributed by atoms with Gasteiger partial charge in [0.2, 0.25) is 0 Å². The number of rotatable bonds is 1. The van der Waals surface area contributed by atoms with Crippen LogP contribution < -0.4 is 0 Å². The van der Waals surface area contributed by atoms with Crippen molar-refractivity contribution in [1.29, 1.82) is 0 Å². The number of nitrogens with one attached hydrogen (secondary N) is 1. The van der Waals surface area contributed by atoms with Crippen molar-refractivity contribution in [3.05, 3.63) is 24.0 Å². The Labute approximate surface area is 59.7 Å². The average molecular weight is 137 g/mol. The molecule has 1 amide bonds. The van der Waals surface area contributed by atoms with Gasteiger partial charge in [0.05, 0.1) is 11.8 Å². The van der Waals surface area contributed by atoms with Crippen LogP contribution in [0.2, 0.25) is 0 Å². The Morgan fingerprint density at radius 2 is 2.40 bits per heavy atom. The van der Waals surface area contributed by atoms with Crippen LogP contribution in [0.3, 0.4) is 0 Å². The number of amides is 1. The second-order valence-corrected chi connectivity index (χ2v) is 2.22. The number of aromatic nitrogens is 1. The third kappa shape index (κ3) is 1.18. The van der Waals surface area contributed by atoms with Gasteiger partial charge in [-0.15, -0.1) is 0 Å². The topological polar surface area (TPSA) is 36.1 Å². The van der Waals surface area contributed by atoms with Crippen molar-refractivity contribution >= 4 is 5.91 Å². The quantitative estimate of drug-likeness (QED) is 0.601. The van der Waals surface area contributed by atoms with Crippen molar-refractivity contribution in [2.75, 3.05) is 14.1 Å². The molecule has 3 nitrogen and oxygen atoms in total. The molecule has 0 aliphatic carbocycles. The van der Waals surface area contributed by atoms with E-state index in [1.54, 1.807) is 26.4 Å². The molecule has 1 radical (unpaired) electrons. The first kappa shape index (κ1) is 6.86. The van der Waals surface area contributed by atoms with E-state index in [1.807, 2.05) is 0 Å². The predicted molar refractivity (Wildman–Crippen MR) is 37.6 cm³/mol. The molecule has 10 heavy (non-hydrogen) atoms. The standard InChI is InChI=1S/C7H9N2O/c1-9(2)7(10)6-3-4-8-5-6/h3-4,8H,1-2H3. The number of hydrogen-bond acceptors (Lipinski definition) is 1. The molecule has 0 atom stereocenters. The largest absolute Gasteiger partial charge is 0.359 e. The first-order valence-electron chi connectivity index (χ1n) is 2.98. The molecule has 0 fully saturated rings. The fraction of sp³-hybridized carbons (Fsp3) is 0.286. The van der Waals surface area contributed by atoms with E-state index >= 15 is 0 Å². The Morgan fingerprint density at radius 1 is 1.70 bits per heavy atom. The van der Waals surface area contributed by atoms with Gasteiger partial charge in [-0.25, -0.2) is 0 Å². The lowest BCUT2D eigenvalue weighted by Crippen LogP contribution is -2.20. The monoisotopic (exact) mass is 137 g/mol. The molecule has 0 saturated carbocycles. The van der Waals surface area contributed by atoms with Gasteiger partial charge in [-0.2, -0.15) is 0 Å². The second-order valence-electron chi connectivity index (χ2n) is 2.22. The molecule has 1 aromatic heterocycles. The minimum Gasteiger partial charge on any atom is -0.359 e. The Bertz CT molecular complexity index is 214. The Morgan fingerprint density at radius 3 is 2.80 bits per heavy atom. The van der Waals surface area contributed by atoms with Gasteiger partial charge in [0.15, 0.2) is 0 Å². The van der Waals surface area contributed by atoms with Crippen molar-refractivity contribution < 1.29 is 4.79 Å². The average Bonchev–Trinajstić information content (AvgIpc) is 2.36. The van der Waals surface area contributed by atoms with E-state index in [1.165, 1.54) is 4.90 Å². The van der Waals surface area contributed by atoms with Gasteiger partial charge >= 0.3 is 0 Å². The van der Waals surface area contributed by atoms with Crippen LogP contribution in [0.15, 0.2) is 12.3 Å². The van der Waals surface area contributed by atoms with E-state index in [4.69, 9.17) is 0 Å². The zero-order chi connectivity index (χ0) is 7.56. The van der Waals surface area contributed by atoms with E-state index in [9.17, 15) is 4.79 Å². The normalized spacial score (nSPS) is 9.40. The lowest BCUT2D eigenvalue weighted by molar-refractivity contribution is 0.0827. The van der Waals surface area contributed by atoms with Crippen molar-refractivity contribution in [3.63, 3.8) is 0 Å². The highest BCUT2D eigenvalue weighted by Gasteiger charge is 2.06. The summed E-state index contributed by atoms with van der Waals surface area (Å²) in [6.07, 6.45) is 4.38. The Hall–Kier alpha value is -1.25. The van der Waals surface area contributed by atoms with Crippen LogP contribution in [0.5, 0.6) is 0 Å². The van der Waals surface area contributed by atoms with Gasteiger partial charge < -0.3 is 9.88 Å². The van der Waals surface area contributed by atoms with E-state index in [2.05, 4.69) is 11.2 Å². The molecule has 0 spiro atoms. The molecule has 3 heteroatoms. The molecule has 1 heterocycles. The van der Waals surface area contributed by atoms with Crippen LogP contribution >= 0.6 is 0 Å². The highest BCUT2D eigenvalue weighted by molar-refractivity contribution is 5.93. The number of aromatic amines is 1. The van der Waals surface area contributed by atoms with Crippen molar-refractivity contribution in [2.24, 2.45) is 0 Å². The molecule has 0 saturated heterocycles. The molecule has 0 aliphatic rings. The maximum atomic E-state index is 11.1. The van der Waals surface area contributed by atoms with E-state index in [0.29, 0.717) is 5.56 Å². The summed E-state index contributed by atoms with van der Waals surface area (Å²) in [4.78, 5) is 15.3. The van der Waals surface area contributed by atoms with Crippen LogP contribution in [0.1, 0.15) is 10.4 Å². The lowest BCUT2D eigenvalue weighted by Gasteiger charge is -2.06. The molecule has 1 aromatic rings. The SMILES string of the molecule is CN(C)C(=O)c1[c][nH]cc1. The predicted octanol–water partition coefficient (Wildman–Crippen LogP) is 0.517. The number of carbonyl (C=O) groups excluding carboxylic acids is 1. The lowest BCUT2D eigenvalue weighted by atomic mass is 10.3. The molecule has 1 rings (SSSR count). The van der Waals surface area contributed by atoms with Gasteiger partial charge in [0.1, 0.15) is 0 Å². The zero-order valence-corrected chi connectivity index (χ0v) is 6.01. The van der Waals surface area contributed by atoms with E-state index < -0.39 is 0 Å². The molecule has 0 unspecified atom stereocenters. The summed E-state index contributed by atoms with van der Waals surface area (Å²) in [6.45, 7) is 0. The molecule has 0 aliphatic heterocycles. The molecule has 1 N–H and O–H groups in total. The molecule has 0 aromatic carbocycles. The first-order valence-corrected chi connectivity index (χ1v) is 2.98. The van der Waals surface area contributed by atoms with E-state index in [-0.39, 0.29) is 5.91 Å². The van der Waals surface area contributed by atoms with Gasteiger partial charge in [-0.1, -0.05) is 0 Å². The van der Waals surface area contributed by atoms with Crippen molar-refractivity contribution in [1.82, 2.24) is 9.88 Å². The van der Waals surface area contributed by atoms with Crippen molar-refractivity contribution in [2.45, 2.75) is 0 Å². The Balaban J connectivity index is 2.78. The number of H-pyrrole nitrogens is 1. The van der Waals surface area contributed by atoms with Crippen molar-refractivity contribution in [3.8, 4) is 0 Å². The van der Waals surface area contributed by atoms with Gasteiger partial charge in [0.25, 0.3) is 5.91 Å². The molecule has 53 valence electrons. The summed E-state index contributed by atoms with van der Waals surface area (Å²) in [6, 6.07) is 1.70. The number of hydrogen-bond donors (Lipinski definition) is 1. The van der Waals surface area contributed by atoms with Crippen LogP contribution in [-0.4, -0.2) is 29.9 Å². The summed E-state index contributed by atoms with van der Waals surface area (Å²) in [5.74, 6) is -0.0266. The summed E-state index contributed by atoms with van der Waals surface area (Å²) < 4.78 is 0. The third-order valence-corrected chi connectivity index (χ3v) is 1.18. The van der Waals surface area contributed by atoms with Gasteiger partial charge in [0, 0.05) is 20.3 Å². The highest BCUT2D eigenvalue weighted by Crippen LogP contribution is 1.97. The first-order chi connectivity index (χ1) is 4.72. The number of nitrogens with zero attached hydrogens (tertiary/aromatic N) is 1. The minimum atomic E-state index is -0.0266. The van der Waals surface area contributed by atoms with Crippen LogP contribution in [-0.2, 0) is 0 Å². The minimum absolute atomic E-state index is 0.0266. The highest BCUT2D eigenvalue weighted by atomic mass is 16.2. The van der Waals surface area contributed by atoms with Gasteiger partial charge in [-0.3, -0.25) is 4.79 Å². The summed E-state index contributed by atoms with van der Waals surface area (Å²) in [7, 11) is 3.42. The Kier molecular flexibility index (Phi) is 1.76. The number of carbonyl (C=O) groups is 1. The fourth-order valence-corrected chi connectivity index (χ4v) is 0.652. The van der Waals surface area contributed by atoms with Crippen LogP contribution in [0.25, 0.3) is 0 Å². The van der Waals surface area contributed by atoms with Crippen LogP contribution in [0, 0.1) is 6.20 Å². The molecular weight excluding hydrogens is 128 g/mol. The summed E-state index contributed by atoms with van der Waals surface area (Å²) in [5.41, 5.74) is 0.574. The maximum Gasteiger partial charge on any atom is 0.255 e. The summed E-state index contributed by atoms with van der Waals surface area (Å²) in [5, 5.41) is 0. The van der Waals surface area contributed by atoms with Crippen LogP contribution in [0.4, 0.5) is 0 Å². The second kappa shape index (κ2) is 2.56. The van der Waals surface area contributed by atoms with E-state index in [0.717, 1.165) is 0 Å². The zero-order valence-electron chi connectivity index (χ0n) is 6.01. The smallest absolute Gasteiger partial charge is 0.255 e. The molecular formula is C7H9N2O. The maximum absolute atomic E-state index is 11.1. The third-order valence-electron chi connectivity index (χ3n) is 1.18. The fourth-order valence-electron chi connectivity index (χ4n) is 0.652. The van der Waals surface area contributed by atoms with Gasteiger partial charge in [-0.05, 0) is 6.07 Å². The molecule has 0 bridgehead atoms. The summed E-state index contributed by atoms with van der Waals surface area (Å²) >= 11 is 0.